The number of carboxylic acid groups (broad SMARTS) is 1. The van der Waals surface area contributed by atoms with Crippen molar-refractivity contribution in [2.24, 2.45) is 5.92 Å². The van der Waals surface area contributed by atoms with E-state index < -0.39 is 11.5 Å². The second-order valence-corrected chi connectivity index (χ2v) is 5.53. The first-order valence-electron chi connectivity index (χ1n) is 5.87. The van der Waals surface area contributed by atoms with E-state index in [1.807, 2.05) is 20.9 Å². The predicted molar refractivity (Wildman–Crippen MR) is 66.6 cm³/mol. The number of hydrogen-bond donors (Lipinski definition) is 2. The molecule has 0 aromatic heterocycles. The first-order chi connectivity index (χ1) is 7.17. The minimum Gasteiger partial charge on any atom is -0.480 e. The predicted octanol–water partition coefficient (Wildman–Crippen LogP) is 1.42. The number of hydrogen-bond acceptors (Lipinski definition) is 3. The van der Waals surface area contributed by atoms with Crippen LogP contribution in [0.2, 0.25) is 0 Å². The van der Waals surface area contributed by atoms with Gasteiger partial charge in [0, 0.05) is 19.1 Å². The molecule has 4 heteroatoms. The second kappa shape index (κ2) is 6.21. The van der Waals surface area contributed by atoms with E-state index in [0.29, 0.717) is 12.5 Å². The molecule has 0 aliphatic rings. The molecule has 4 nitrogen and oxygen atoms in total. The maximum Gasteiger partial charge on any atom is 0.324 e. The summed E-state index contributed by atoms with van der Waals surface area (Å²) in [5.41, 5.74) is -0.877. The Morgan fingerprint density at radius 3 is 2.19 bits per heavy atom. The van der Waals surface area contributed by atoms with Crippen molar-refractivity contribution in [3.05, 3.63) is 0 Å². The molecule has 0 spiro atoms. The summed E-state index contributed by atoms with van der Waals surface area (Å²) < 4.78 is 0. The van der Waals surface area contributed by atoms with Gasteiger partial charge in [-0.05, 0) is 33.7 Å². The second-order valence-electron chi connectivity index (χ2n) is 5.53. The monoisotopic (exact) mass is 230 g/mol. The van der Waals surface area contributed by atoms with Crippen LogP contribution < -0.4 is 5.32 Å². The van der Waals surface area contributed by atoms with Crippen molar-refractivity contribution >= 4 is 5.97 Å². The first kappa shape index (κ1) is 15.4. The smallest absolute Gasteiger partial charge is 0.324 e. The number of likely N-dealkylation sites (N-methyl/N-ethyl adjacent to an activating group) is 1. The van der Waals surface area contributed by atoms with Crippen molar-refractivity contribution in [2.45, 2.75) is 46.2 Å². The molecule has 0 aromatic rings. The van der Waals surface area contributed by atoms with Crippen LogP contribution in [0.15, 0.2) is 0 Å². The van der Waals surface area contributed by atoms with E-state index in [9.17, 15) is 9.90 Å². The van der Waals surface area contributed by atoms with Gasteiger partial charge in [-0.1, -0.05) is 13.8 Å². The average Bonchev–Trinajstić information content (AvgIpc) is 1.98. The van der Waals surface area contributed by atoms with Crippen molar-refractivity contribution in [2.75, 3.05) is 20.1 Å². The molecule has 0 saturated carbocycles. The molecule has 0 bridgehead atoms. The van der Waals surface area contributed by atoms with Crippen LogP contribution in [-0.4, -0.2) is 47.7 Å². The SMILES string of the molecule is CC(C)CN(C)CC(C)(NC(C)C)C(=O)O. The van der Waals surface area contributed by atoms with Crippen LogP contribution >= 0.6 is 0 Å². The minimum absolute atomic E-state index is 0.161. The summed E-state index contributed by atoms with van der Waals surface area (Å²) in [5, 5.41) is 12.4. The molecule has 1 unspecified atom stereocenters. The van der Waals surface area contributed by atoms with E-state index >= 15 is 0 Å². The topological polar surface area (TPSA) is 52.6 Å². The van der Waals surface area contributed by atoms with Gasteiger partial charge in [-0.2, -0.15) is 0 Å². The largest absolute Gasteiger partial charge is 0.480 e. The Kier molecular flexibility index (Phi) is 5.97. The molecular formula is C12H26N2O2. The molecule has 0 aromatic carbocycles. The fourth-order valence-electron chi connectivity index (χ4n) is 2.04. The lowest BCUT2D eigenvalue weighted by Crippen LogP contribution is -2.58. The Hall–Kier alpha value is -0.610. The molecule has 96 valence electrons. The first-order valence-corrected chi connectivity index (χ1v) is 5.87. The molecule has 1 atom stereocenters. The van der Waals surface area contributed by atoms with Crippen molar-refractivity contribution in [1.82, 2.24) is 10.2 Å². The number of nitrogens with one attached hydrogen (secondary N) is 1. The van der Waals surface area contributed by atoms with Crippen LogP contribution in [0, 0.1) is 5.92 Å². The average molecular weight is 230 g/mol. The molecule has 0 amide bonds. The van der Waals surface area contributed by atoms with E-state index in [-0.39, 0.29) is 6.04 Å². The van der Waals surface area contributed by atoms with Gasteiger partial charge in [0.2, 0.25) is 0 Å². The fraction of sp³-hybridized carbons (Fsp3) is 0.917. The number of rotatable bonds is 7. The summed E-state index contributed by atoms with van der Waals surface area (Å²) >= 11 is 0. The van der Waals surface area contributed by atoms with Crippen molar-refractivity contribution in [1.29, 1.82) is 0 Å². The minimum atomic E-state index is -0.877. The van der Waals surface area contributed by atoms with Gasteiger partial charge in [0.1, 0.15) is 5.54 Å². The van der Waals surface area contributed by atoms with Gasteiger partial charge in [0.05, 0.1) is 0 Å². The number of nitrogens with zero attached hydrogens (tertiary/aromatic N) is 1. The van der Waals surface area contributed by atoms with E-state index in [4.69, 9.17) is 0 Å². The molecule has 0 aliphatic carbocycles. The summed E-state index contributed by atoms with van der Waals surface area (Å²) in [6.07, 6.45) is 0. The maximum atomic E-state index is 11.3. The highest BCUT2D eigenvalue weighted by Gasteiger charge is 2.34. The van der Waals surface area contributed by atoms with Gasteiger partial charge >= 0.3 is 5.97 Å². The van der Waals surface area contributed by atoms with E-state index in [1.54, 1.807) is 6.92 Å². The Morgan fingerprint density at radius 1 is 1.38 bits per heavy atom. The number of carbonyl (C=O) groups is 1. The van der Waals surface area contributed by atoms with Gasteiger partial charge in [0.15, 0.2) is 0 Å². The molecule has 0 aliphatic heterocycles. The summed E-state index contributed by atoms with van der Waals surface area (Å²) in [4.78, 5) is 13.4. The highest BCUT2D eigenvalue weighted by atomic mass is 16.4. The summed E-state index contributed by atoms with van der Waals surface area (Å²) in [6, 6.07) is 0.161. The zero-order valence-electron chi connectivity index (χ0n) is 11.4. The Balaban J connectivity index is 4.49. The third-order valence-electron chi connectivity index (χ3n) is 2.34. The van der Waals surface area contributed by atoms with Crippen LogP contribution in [0.5, 0.6) is 0 Å². The van der Waals surface area contributed by atoms with Crippen LogP contribution in [0.3, 0.4) is 0 Å². The molecule has 0 fully saturated rings. The van der Waals surface area contributed by atoms with E-state index in [0.717, 1.165) is 6.54 Å². The van der Waals surface area contributed by atoms with Crippen LogP contribution in [0.25, 0.3) is 0 Å². The van der Waals surface area contributed by atoms with Crippen LogP contribution in [-0.2, 0) is 4.79 Å². The van der Waals surface area contributed by atoms with E-state index in [1.165, 1.54) is 0 Å². The van der Waals surface area contributed by atoms with Gasteiger partial charge in [-0.3, -0.25) is 10.1 Å². The highest BCUT2D eigenvalue weighted by Crippen LogP contribution is 2.09. The zero-order valence-corrected chi connectivity index (χ0v) is 11.4. The van der Waals surface area contributed by atoms with Gasteiger partial charge in [0.25, 0.3) is 0 Å². The summed E-state index contributed by atoms with van der Waals surface area (Å²) in [5.74, 6) is -0.251. The Bertz CT molecular complexity index is 229. The van der Waals surface area contributed by atoms with Crippen molar-refractivity contribution in [3.63, 3.8) is 0 Å². The zero-order chi connectivity index (χ0) is 12.9. The summed E-state index contributed by atoms with van der Waals surface area (Å²) in [6.45, 7) is 11.3. The van der Waals surface area contributed by atoms with Crippen molar-refractivity contribution < 1.29 is 9.90 Å². The van der Waals surface area contributed by atoms with Crippen LogP contribution in [0.1, 0.15) is 34.6 Å². The molecule has 0 saturated heterocycles. The lowest BCUT2D eigenvalue weighted by Gasteiger charge is -2.33. The van der Waals surface area contributed by atoms with Crippen molar-refractivity contribution in [3.8, 4) is 0 Å². The molecule has 16 heavy (non-hydrogen) atoms. The molecule has 2 N–H and O–H groups in total. The number of aliphatic carboxylic acids is 1. The molecular weight excluding hydrogens is 204 g/mol. The van der Waals surface area contributed by atoms with Gasteiger partial charge < -0.3 is 10.0 Å². The Labute approximate surface area is 99.0 Å². The lowest BCUT2D eigenvalue weighted by molar-refractivity contribution is -0.145. The summed E-state index contributed by atoms with van der Waals surface area (Å²) in [7, 11) is 1.96. The van der Waals surface area contributed by atoms with E-state index in [2.05, 4.69) is 24.1 Å². The number of carboxylic acids is 1. The Morgan fingerprint density at radius 2 is 1.88 bits per heavy atom. The standard InChI is InChI=1S/C12H26N2O2/c1-9(2)7-14(6)8-12(5,11(15)16)13-10(3)4/h9-10,13H,7-8H2,1-6H3,(H,15,16). The highest BCUT2D eigenvalue weighted by molar-refractivity contribution is 5.78. The maximum absolute atomic E-state index is 11.3. The van der Waals surface area contributed by atoms with Crippen LogP contribution in [0.4, 0.5) is 0 Å². The fourth-order valence-corrected chi connectivity index (χ4v) is 2.04. The third kappa shape index (κ3) is 5.47. The van der Waals surface area contributed by atoms with Gasteiger partial charge in [-0.25, -0.2) is 0 Å². The lowest BCUT2D eigenvalue weighted by atomic mass is 10.0. The molecule has 0 heterocycles. The molecule has 0 radical (unpaired) electrons. The quantitative estimate of drug-likeness (QED) is 0.694. The normalized spacial score (nSPS) is 15.8. The third-order valence-corrected chi connectivity index (χ3v) is 2.34. The molecule has 0 rings (SSSR count). The van der Waals surface area contributed by atoms with Gasteiger partial charge in [-0.15, -0.1) is 0 Å².